The van der Waals surface area contributed by atoms with E-state index >= 15 is 0 Å². The van der Waals surface area contributed by atoms with Crippen LogP contribution in [0.15, 0.2) is 18.2 Å². The molecule has 3 N–H and O–H groups in total. The van der Waals surface area contributed by atoms with Crippen LogP contribution in [-0.2, 0) is 0 Å². The van der Waals surface area contributed by atoms with Gasteiger partial charge in [0, 0.05) is 5.56 Å². The van der Waals surface area contributed by atoms with Gasteiger partial charge in [0.05, 0.1) is 12.6 Å². The molecule has 1 atom stereocenters. The minimum absolute atomic E-state index is 0. The topological polar surface area (TPSA) is 46.2 Å². The van der Waals surface area contributed by atoms with E-state index < -0.39 is 24.3 Å². The van der Waals surface area contributed by atoms with Crippen LogP contribution in [0, 0.1) is 11.6 Å². The average Bonchev–Trinajstić information content (AvgIpc) is 2.08. The Morgan fingerprint density at radius 1 is 1.38 bits per heavy atom. The third-order valence-corrected chi connectivity index (χ3v) is 1.58. The van der Waals surface area contributed by atoms with Crippen molar-refractivity contribution in [1.82, 2.24) is 0 Å². The second-order valence-corrected chi connectivity index (χ2v) is 2.43. The number of halogens is 3. The Bertz CT molecular complexity index is 283. The van der Waals surface area contributed by atoms with Crippen LogP contribution in [0.3, 0.4) is 0 Å². The number of aliphatic hydroxyl groups excluding tert-OH is 1. The largest absolute Gasteiger partial charge is 0.394 e. The third-order valence-electron chi connectivity index (χ3n) is 1.58. The van der Waals surface area contributed by atoms with Crippen LogP contribution in [0.4, 0.5) is 8.78 Å². The summed E-state index contributed by atoms with van der Waals surface area (Å²) >= 11 is 0. The van der Waals surface area contributed by atoms with Gasteiger partial charge in [-0.1, -0.05) is 12.1 Å². The number of hydrogen-bond donors (Lipinski definition) is 2. The highest BCUT2D eigenvalue weighted by atomic mass is 35.5. The highest BCUT2D eigenvalue weighted by Crippen LogP contribution is 2.16. The SMILES string of the molecule is Cl.NC(CO)c1cccc(F)c1F. The molecule has 2 nitrogen and oxygen atoms in total. The van der Waals surface area contributed by atoms with Gasteiger partial charge in [-0.3, -0.25) is 0 Å². The molecule has 0 saturated carbocycles. The molecule has 13 heavy (non-hydrogen) atoms. The third kappa shape index (κ3) is 2.62. The summed E-state index contributed by atoms with van der Waals surface area (Å²) in [5, 5.41) is 8.59. The molecule has 1 rings (SSSR count). The summed E-state index contributed by atoms with van der Waals surface area (Å²) in [4.78, 5) is 0. The predicted molar refractivity (Wildman–Crippen MR) is 47.6 cm³/mol. The number of benzene rings is 1. The van der Waals surface area contributed by atoms with Crippen LogP contribution in [0.2, 0.25) is 0 Å². The second-order valence-electron chi connectivity index (χ2n) is 2.43. The second kappa shape index (κ2) is 5.11. The molecule has 0 fully saturated rings. The van der Waals surface area contributed by atoms with Gasteiger partial charge in [-0.25, -0.2) is 8.78 Å². The van der Waals surface area contributed by atoms with Gasteiger partial charge in [0.25, 0.3) is 0 Å². The molecule has 0 aliphatic carbocycles. The highest BCUT2D eigenvalue weighted by Gasteiger charge is 2.12. The molecule has 0 saturated heterocycles. The maximum atomic E-state index is 12.9. The fourth-order valence-electron chi connectivity index (χ4n) is 0.905. The Morgan fingerprint density at radius 2 is 2.00 bits per heavy atom. The van der Waals surface area contributed by atoms with Crippen molar-refractivity contribution in [3.05, 3.63) is 35.4 Å². The maximum Gasteiger partial charge on any atom is 0.163 e. The summed E-state index contributed by atoms with van der Waals surface area (Å²) in [6.45, 7) is -0.402. The van der Waals surface area contributed by atoms with Crippen molar-refractivity contribution in [3.8, 4) is 0 Å². The van der Waals surface area contributed by atoms with Gasteiger partial charge < -0.3 is 10.8 Å². The first-order valence-electron chi connectivity index (χ1n) is 3.47. The number of nitrogens with two attached hydrogens (primary N) is 1. The van der Waals surface area contributed by atoms with Crippen LogP contribution in [0.5, 0.6) is 0 Å². The zero-order chi connectivity index (χ0) is 9.14. The lowest BCUT2D eigenvalue weighted by Gasteiger charge is -2.09. The summed E-state index contributed by atoms with van der Waals surface area (Å²) in [6.07, 6.45) is 0. The molecule has 0 radical (unpaired) electrons. The molecule has 0 spiro atoms. The summed E-state index contributed by atoms with van der Waals surface area (Å²) < 4.78 is 25.4. The maximum absolute atomic E-state index is 12.9. The van der Waals surface area contributed by atoms with Crippen LogP contribution < -0.4 is 5.73 Å². The quantitative estimate of drug-likeness (QED) is 0.773. The standard InChI is InChI=1S/C8H9F2NO.ClH/c9-6-3-1-2-5(8(6)10)7(11)4-12;/h1-3,7,12H,4,11H2;1H. The molecule has 1 aromatic carbocycles. The molecule has 0 aliphatic heterocycles. The zero-order valence-corrected chi connectivity index (χ0v) is 7.52. The molecule has 0 bridgehead atoms. The molecule has 1 unspecified atom stereocenters. The monoisotopic (exact) mass is 209 g/mol. The summed E-state index contributed by atoms with van der Waals surface area (Å²) in [7, 11) is 0. The Hall–Kier alpha value is -0.710. The lowest BCUT2D eigenvalue weighted by Crippen LogP contribution is -2.16. The van der Waals surface area contributed by atoms with Crippen molar-refractivity contribution >= 4 is 12.4 Å². The Morgan fingerprint density at radius 3 is 2.54 bits per heavy atom. The fourth-order valence-corrected chi connectivity index (χ4v) is 0.905. The first kappa shape index (κ1) is 12.3. The highest BCUT2D eigenvalue weighted by molar-refractivity contribution is 5.85. The lowest BCUT2D eigenvalue weighted by molar-refractivity contribution is 0.264. The molecule has 5 heteroatoms. The van der Waals surface area contributed by atoms with Gasteiger partial charge in [-0.15, -0.1) is 12.4 Å². The number of rotatable bonds is 2. The molecular formula is C8H10ClF2NO. The smallest absolute Gasteiger partial charge is 0.163 e. The summed E-state index contributed by atoms with van der Waals surface area (Å²) in [5.41, 5.74) is 5.30. The van der Waals surface area contributed by atoms with E-state index in [1.807, 2.05) is 0 Å². The lowest BCUT2D eigenvalue weighted by atomic mass is 10.1. The van der Waals surface area contributed by atoms with Gasteiger partial charge in [-0.05, 0) is 6.07 Å². The Kier molecular flexibility index (Phi) is 4.83. The first-order valence-corrected chi connectivity index (χ1v) is 3.47. The minimum atomic E-state index is -0.987. The molecule has 0 heterocycles. The Balaban J connectivity index is 0.00000144. The average molecular weight is 210 g/mol. The van der Waals surface area contributed by atoms with Gasteiger partial charge in [0.1, 0.15) is 0 Å². The van der Waals surface area contributed by atoms with Crippen LogP contribution in [0.1, 0.15) is 11.6 Å². The van der Waals surface area contributed by atoms with E-state index in [0.717, 1.165) is 6.07 Å². The van der Waals surface area contributed by atoms with Crippen LogP contribution in [0.25, 0.3) is 0 Å². The Labute approximate surface area is 80.8 Å². The molecular weight excluding hydrogens is 200 g/mol. The van der Waals surface area contributed by atoms with E-state index in [9.17, 15) is 8.78 Å². The van der Waals surface area contributed by atoms with Crippen molar-refractivity contribution in [2.45, 2.75) is 6.04 Å². The summed E-state index contributed by atoms with van der Waals surface area (Å²) in [5.74, 6) is -1.93. The van der Waals surface area contributed by atoms with Crippen molar-refractivity contribution in [2.24, 2.45) is 5.73 Å². The normalized spacial score (nSPS) is 12.0. The first-order chi connectivity index (χ1) is 5.66. The molecule has 1 aromatic rings. The van der Waals surface area contributed by atoms with Gasteiger partial charge in [-0.2, -0.15) is 0 Å². The van der Waals surface area contributed by atoms with E-state index in [2.05, 4.69) is 0 Å². The van der Waals surface area contributed by atoms with Crippen LogP contribution >= 0.6 is 12.4 Å². The molecule has 0 amide bonds. The van der Waals surface area contributed by atoms with Gasteiger partial charge >= 0.3 is 0 Å². The molecule has 0 aliphatic rings. The van der Waals surface area contributed by atoms with E-state index in [-0.39, 0.29) is 18.0 Å². The van der Waals surface area contributed by atoms with E-state index in [0.29, 0.717) is 0 Å². The van der Waals surface area contributed by atoms with E-state index in [4.69, 9.17) is 10.8 Å². The fraction of sp³-hybridized carbons (Fsp3) is 0.250. The summed E-state index contributed by atoms with van der Waals surface area (Å²) in [6, 6.07) is 2.84. The van der Waals surface area contributed by atoms with Crippen molar-refractivity contribution < 1.29 is 13.9 Å². The zero-order valence-electron chi connectivity index (χ0n) is 6.71. The number of aliphatic hydroxyl groups is 1. The van der Waals surface area contributed by atoms with Crippen molar-refractivity contribution in [3.63, 3.8) is 0 Å². The van der Waals surface area contributed by atoms with Crippen LogP contribution in [-0.4, -0.2) is 11.7 Å². The van der Waals surface area contributed by atoms with Crippen molar-refractivity contribution in [2.75, 3.05) is 6.61 Å². The van der Waals surface area contributed by atoms with E-state index in [1.165, 1.54) is 12.1 Å². The van der Waals surface area contributed by atoms with Gasteiger partial charge in [0.15, 0.2) is 11.6 Å². The predicted octanol–water partition coefficient (Wildman–Crippen LogP) is 1.38. The van der Waals surface area contributed by atoms with Crippen molar-refractivity contribution in [1.29, 1.82) is 0 Å². The number of hydrogen-bond acceptors (Lipinski definition) is 2. The van der Waals surface area contributed by atoms with Gasteiger partial charge in [0.2, 0.25) is 0 Å². The minimum Gasteiger partial charge on any atom is -0.394 e. The van der Waals surface area contributed by atoms with E-state index in [1.54, 1.807) is 0 Å². The molecule has 0 aromatic heterocycles. The molecule has 74 valence electrons.